The number of aromatic nitrogens is 1. The number of carbonyl (C=O) groups is 1. The summed E-state index contributed by atoms with van der Waals surface area (Å²) in [7, 11) is -1.11. The molecule has 0 saturated heterocycles. The van der Waals surface area contributed by atoms with E-state index in [-0.39, 0.29) is 29.3 Å². The van der Waals surface area contributed by atoms with Crippen molar-refractivity contribution in [3.63, 3.8) is 0 Å². The Labute approximate surface area is 151 Å². The highest BCUT2D eigenvalue weighted by atomic mass is 35.5. The maximum Gasteiger partial charge on any atom is 0.263 e. The predicted molar refractivity (Wildman–Crippen MR) is 93.8 cm³/mol. The van der Waals surface area contributed by atoms with E-state index < -0.39 is 15.3 Å². The standard InChI is InChI=1S/C16H17ClN2O5S/c1-23-12-9-11(6-7-15(17)20)14(10-13(12)24-2)25(21,22)19-16-5-3-4-8-18-16/h3-5,8-10H,6-7H2,1-2H3,(H,18,19). The smallest absolute Gasteiger partial charge is 0.263 e. The van der Waals surface area contributed by atoms with Gasteiger partial charge in [0.2, 0.25) is 5.24 Å². The number of aryl methyl sites for hydroxylation is 1. The first-order chi connectivity index (χ1) is 11.9. The molecule has 0 amide bonds. The number of sulfonamides is 1. The number of methoxy groups -OCH3 is 2. The second-order valence-corrected chi connectivity index (χ2v) is 7.06. The lowest BCUT2D eigenvalue weighted by molar-refractivity contribution is -0.111. The van der Waals surface area contributed by atoms with Gasteiger partial charge in [-0.15, -0.1) is 0 Å². The van der Waals surface area contributed by atoms with Crippen molar-refractivity contribution in [2.45, 2.75) is 17.7 Å². The van der Waals surface area contributed by atoms with Crippen LogP contribution in [0.2, 0.25) is 0 Å². The first kappa shape index (κ1) is 19.0. The van der Waals surface area contributed by atoms with Crippen LogP contribution >= 0.6 is 11.6 Å². The van der Waals surface area contributed by atoms with Crippen LogP contribution in [0.5, 0.6) is 11.5 Å². The van der Waals surface area contributed by atoms with Gasteiger partial charge in [-0.2, -0.15) is 0 Å². The molecule has 25 heavy (non-hydrogen) atoms. The molecule has 0 aliphatic carbocycles. The number of anilines is 1. The highest BCUT2D eigenvalue weighted by Crippen LogP contribution is 2.34. The summed E-state index contributed by atoms with van der Waals surface area (Å²) in [6.45, 7) is 0. The Bertz CT molecular complexity index is 856. The number of halogens is 1. The van der Waals surface area contributed by atoms with Crippen LogP contribution in [0.25, 0.3) is 0 Å². The summed E-state index contributed by atoms with van der Waals surface area (Å²) < 4.78 is 38.3. The highest BCUT2D eigenvalue weighted by Gasteiger charge is 2.23. The molecule has 2 rings (SSSR count). The predicted octanol–water partition coefficient (Wildman–Crippen LogP) is 2.60. The SMILES string of the molecule is COc1cc(CCC(=O)Cl)c(S(=O)(=O)Nc2ccccn2)cc1OC. The molecule has 1 heterocycles. The van der Waals surface area contributed by atoms with Crippen molar-refractivity contribution in [3.05, 3.63) is 42.1 Å². The molecule has 1 aromatic heterocycles. The van der Waals surface area contributed by atoms with Gasteiger partial charge in [-0.1, -0.05) is 6.07 Å². The van der Waals surface area contributed by atoms with Crippen molar-refractivity contribution in [2.24, 2.45) is 0 Å². The fourth-order valence-corrected chi connectivity index (χ4v) is 3.57. The summed E-state index contributed by atoms with van der Waals surface area (Å²) in [4.78, 5) is 15.0. The van der Waals surface area contributed by atoms with Crippen molar-refractivity contribution < 1.29 is 22.7 Å². The van der Waals surface area contributed by atoms with Crippen LogP contribution in [0.1, 0.15) is 12.0 Å². The van der Waals surface area contributed by atoms with Crippen molar-refractivity contribution in [1.82, 2.24) is 4.98 Å². The van der Waals surface area contributed by atoms with Crippen LogP contribution in [-0.4, -0.2) is 32.9 Å². The van der Waals surface area contributed by atoms with E-state index in [2.05, 4.69) is 9.71 Å². The Hall–Kier alpha value is -2.32. The largest absolute Gasteiger partial charge is 0.493 e. The van der Waals surface area contributed by atoms with E-state index in [4.69, 9.17) is 21.1 Å². The van der Waals surface area contributed by atoms with Crippen LogP contribution in [0.15, 0.2) is 41.4 Å². The summed E-state index contributed by atoms with van der Waals surface area (Å²) in [5.74, 6) is 0.790. The molecule has 0 atom stereocenters. The minimum atomic E-state index is -3.95. The Kier molecular flexibility index (Phi) is 6.22. The average molecular weight is 385 g/mol. The van der Waals surface area contributed by atoms with E-state index in [1.54, 1.807) is 12.1 Å². The van der Waals surface area contributed by atoms with Gasteiger partial charge in [0.1, 0.15) is 5.82 Å². The maximum atomic E-state index is 12.8. The number of ether oxygens (including phenoxy) is 2. The number of pyridine rings is 1. The molecule has 9 heteroatoms. The van der Waals surface area contributed by atoms with Crippen molar-refractivity contribution in [1.29, 1.82) is 0 Å². The van der Waals surface area contributed by atoms with Gasteiger partial charge < -0.3 is 9.47 Å². The summed E-state index contributed by atoms with van der Waals surface area (Å²) in [6.07, 6.45) is 1.60. The third-order valence-electron chi connectivity index (χ3n) is 3.35. The minimum absolute atomic E-state index is 0.0108. The van der Waals surface area contributed by atoms with Gasteiger partial charge in [0.05, 0.1) is 19.1 Å². The Morgan fingerprint density at radius 3 is 2.44 bits per heavy atom. The molecular weight excluding hydrogens is 368 g/mol. The molecule has 134 valence electrons. The number of nitrogens with one attached hydrogen (secondary N) is 1. The quantitative estimate of drug-likeness (QED) is 0.703. The number of carbonyl (C=O) groups excluding carboxylic acids is 1. The number of rotatable bonds is 8. The topological polar surface area (TPSA) is 94.6 Å². The minimum Gasteiger partial charge on any atom is -0.493 e. The molecule has 0 fully saturated rings. The molecule has 0 saturated carbocycles. The average Bonchev–Trinajstić information content (AvgIpc) is 2.59. The monoisotopic (exact) mass is 384 g/mol. The summed E-state index contributed by atoms with van der Waals surface area (Å²) in [5, 5.41) is -0.559. The Balaban J connectivity index is 2.50. The van der Waals surface area contributed by atoms with Gasteiger partial charge in [-0.05, 0) is 41.8 Å². The van der Waals surface area contributed by atoms with E-state index in [1.807, 2.05) is 0 Å². The van der Waals surface area contributed by atoms with E-state index in [1.165, 1.54) is 38.6 Å². The molecule has 0 aliphatic rings. The van der Waals surface area contributed by atoms with Crippen LogP contribution in [0.3, 0.4) is 0 Å². The Morgan fingerprint density at radius 2 is 1.88 bits per heavy atom. The van der Waals surface area contributed by atoms with Gasteiger partial charge in [0, 0.05) is 18.7 Å². The third kappa shape index (κ3) is 4.83. The van der Waals surface area contributed by atoms with Crippen LogP contribution < -0.4 is 14.2 Å². The van der Waals surface area contributed by atoms with Gasteiger partial charge in [0.25, 0.3) is 10.0 Å². The zero-order valence-electron chi connectivity index (χ0n) is 13.7. The lowest BCUT2D eigenvalue weighted by Crippen LogP contribution is -2.16. The molecule has 1 aromatic carbocycles. The number of hydrogen-bond donors (Lipinski definition) is 1. The molecule has 0 spiro atoms. The van der Waals surface area contributed by atoms with Crippen molar-refractivity contribution >= 4 is 32.7 Å². The lowest BCUT2D eigenvalue weighted by atomic mass is 10.1. The van der Waals surface area contributed by atoms with Gasteiger partial charge >= 0.3 is 0 Å². The number of hydrogen-bond acceptors (Lipinski definition) is 6. The molecule has 1 N–H and O–H groups in total. The zero-order valence-corrected chi connectivity index (χ0v) is 15.2. The van der Waals surface area contributed by atoms with Gasteiger partial charge in [0.15, 0.2) is 11.5 Å². The highest BCUT2D eigenvalue weighted by molar-refractivity contribution is 7.92. The van der Waals surface area contributed by atoms with Crippen LogP contribution in [0.4, 0.5) is 5.82 Å². The van der Waals surface area contributed by atoms with E-state index in [9.17, 15) is 13.2 Å². The van der Waals surface area contributed by atoms with E-state index >= 15 is 0 Å². The molecule has 0 radical (unpaired) electrons. The number of benzene rings is 1. The maximum absolute atomic E-state index is 12.8. The van der Waals surface area contributed by atoms with Crippen LogP contribution in [0, 0.1) is 0 Å². The molecule has 2 aromatic rings. The molecule has 0 unspecified atom stereocenters. The van der Waals surface area contributed by atoms with Crippen molar-refractivity contribution in [2.75, 3.05) is 18.9 Å². The molecular formula is C16H17ClN2O5S. The molecule has 0 aliphatic heterocycles. The second kappa shape index (κ2) is 8.17. The van der Waals surface area contributed by atoms with Crippen LogP contribution in [-0.2, 0) is 21.2 Å². The lowest BCUT2D eigenvalue weighted by Gasteiger charge is -2.15. The summed E-state index contributed by atoms with van der Waals surface area (Å²) in [5.41, 5.74) is 0.384. The summed E-state index contributed by atoms with van der Waals surface area (Å²) in [6, 6.07) is 7.72. The van der Waals surface area contributed by atoms with Gasteiger partial charge in [-0.25, -0.2) is 13.4 Å². The first-order valence-corrected chi connectivity index (χ1v) is 9.10. The molecule has 0 bridgehead atoms. The van der Waals surface area contributed by atoms with E-state index in [0.29, 0.717) is 11.3 Å². The molecule has 7 nitrogen and oxygen atoms in total. The van der Waals surface area contributed by atoms with E-state index in [0.717, 1.165) is 0 Å². The third-order valence-corrected chi connectivity index (χ3v) is 4.98. The second-order valence-electron chi connectivity index (χ2n) is 4.99. The number of nitrogens with zero attached hydrogens (tertiary/aromatic N) is 1. The fourth-order valence-electron chi connectivity index (χ4n) is 2.20. The fraction of sp³-hybridized carbons (Fsp3) is 0.250. The normalized spacial score (nSPS) is 11.0. The zero-order chi connectivity index (χ0) is 18.4. The summed E-state index contributed by atoms with van der Waals surface area (Å²) >= 11 is 5.39. The first-order valence-electron chi connectivity index (χ1n) is 7.24. The van der Waals surface area contributed by atoms with Gasteiger partial charge in [-0.3, -0.25) is 9.52 Å². The Morgan fingerprint density at radius 1 is 1.20 bits per heavy atom. The van der Waals surface area contributed by atoms with Crippen molar-refractivity contribution in [3.8, 4) is 11.5 Å².